The van der Waals surface area contributed by atoms with Crippen LogP contribution in [0, 0.1) is 5.41 Å². The normalized spacial score (nSPS) is 13.0. The maximum atomic E-state index is 5.03. The highest BCUT2D eigenvalue weighted by Gasteiger charge is 2.14. The standard InChI is InChI=1S/C5H11PS2/c1-5(2,3)4(7)6-8/h6,8H,1-3H3. The van der Waals surface area contributed by atoms with Crippen LogP contribution in [0.25, 0.3) is 0 Å². The summed E-state index contributed by atoms with van der Waals surface area (Å²) in [6, 6.07) is 0. The molecular formula is C5H11PS2. The molecule has 0 saturated heterocycles. The molecule has 0 fully saturated rings. The van der Waals surface area contributed by atoms with Crippen LogP contribution in [0.2, 0.25) is 0 Å². The van der Waals surface area contributed by atoms with E-state index in [1.807, 2.05) is 0 Å². The number of hydrogen-bond donors (Lipinski definition) is 1. The van der Waals surface area contributed by atoms with E-state index in [-0.39, 0.29) is 5.41 Å². The van der Waals surface area contributed by atoms with E-state index in [0.29, 0.717) is 7.78 Å². The highest BCUT2D eigenvalue weighted by molar-refractivity contribution is 8.45. The fraction of sp³-hybridized carbons (Fsp3) is 0.800. The van der Waals surface area contributed by atoms with Gasteiger partial charge >= 0.3 is 0 Å². The molecule has 0 amide bonds. The summed E-state index contributed by atoms with van der Waals surface area (Å²) in [4.78, 5) is 0. The van der Waals surface area contributed by atoms with E-state index in [2.05, 4.69) is 33.0 Å². The molecule has 0 aliphatic heterocycles. The first-order valence-electron chi connectivity index (χ1n) is 2.43. The largest absolute Gasteiger partial charge is 0.149 e. The van der Waals surface area contributed by atoms with Gasteiger partial charge in [0.2, 0.25) is 0 Å². The van der Waals surface area contributed by atoms with E-state index in [1.54, 1.807) is 0 Å². The number of thiol groups is 1. The Bertz CT molecular complexity index is 93.1. The molecule has 0 rings (SSSR count). The Morgan fingerprint density at radius 1 is 1.50 bits per heavy atom. The van der Waals surface area contributed by atoms with Crippen molar-refractivity contribution in [2.45, 2.75) is 20.8 Å². The molecule has 0 aromatic heterocycles. The van der Waals surface area contributed by atoms with Crippen molar-refractivity contribution in [2.75, 3.05) is 0 Å². The van der Waals surface area contributed by atoms with Crippen molar-refractivity contribution in [3.63, 3.8) is 0 Å². The van der Waals surface area contributed by atoms with Crippen LogP contribution in [0.15, 0.2) is 0 Å². The van der Waals surface area contributed by atoms with Crippen LogP contribution in [-0.2, 0) is 0 Å². The van der Waals surface area contributed by atoms with Gasteiger partial charge in [0.25, 0.3) is 0 Å². The zero-order valence-corrected chi connectivity index (χ0v) is 8.07. The van der Waals surface area contributed by atoms with E-state index in [0.717, 1.165) is 4.61 Å². The SMILES string of the molecule is CC(C)(C)C(=S)PS. The third-order valence-electron chi connectivity index (χ3n) is 0.783. The summed E-state index contributed by atoms with van der Waals surface area (Å²) in [6.07, 6.45) is 0. The highest BCUT2D eigenvalue weighted by Crippen LogP contribution is 2.31. The van der Waals surface area contributed by atoms with Gasteiger partial charge in [-0.15, -0.1) is 12.2 Å². The van der Waals surface area contributed by atoms with Crippen molar-refractivity contribution in [3.8, 4) is 0 Å². The van der Waals surface area contributed by atoms with Gasteiger partial charge in [-0.2, -0.15) is 0 Å². The van der Waals surface area contributed by atoms with Crippen LogP contribution >= 0.6 is 32.2 Å². The molecule has 0 aliphatic rings. The third kappa shape index (κ3) is 3.01. The van der Waals surface area contributed by atoms with Crippen LogP contribution in [0.3, 0.4) is 0 Å². The monoisotopic (exact) mass is 166 g/mol. The number of rotatable bonds is 1. The molecule has 3 heteroatoms. The Morgan fingerprint density at radius 2 is 1.88 bits per heavy atom. The van der Waals surface area contributed by atoms with Gasteiger partial charge in [0, 0.05) is 4.61 Å². The van der Waals surface area contributed by atoms with Gasteiger partial charge < -0.3 is 0 Å². The van der Waals surface area contributed by atoms with Gasteiger partial charge in [-0.25, -0.2) is 0 Å². The van der Waals surface area contributed by atoms with Crippen molar-refractivity contribution in [2.24, 2.45) is 5.41 Å². The van der Waals surface area contributed by atoms with Crippen molar-refractivity contribution < 1.29 is 0 Å². The van der Waals surface area contributed by atoms with Crippen LogP contribution in [-0.4, -0.2) is 4.61 Å². The summed E-state index contributed by atoms with van der Waals surface area (Å²) < 4.78 is 1.06. The second-order valence-corrected chi connectivity index (χ2v) is 4.86. The van der Waals surface area contributed by atoms with Gasteiger partial charge in [-0.3, -0.25) is 0 Å². The minimum atomic E-state index is 0.176. The average Bonchev–Trinajstić information content (AvgIpc) is 1.62. The summed E-state index contributed by atoms with van der Waals surface area (Å²) in [7, 11) is 0.509. The van der Waals surface area contributed by atoms with Crippen LogP contribution in [0.4, 0.5) is 0 Å². The zero-order valence-electron chi connectivity index (χ0n) is 5.36. The first kappa shape index (κ1) is 8.87. The van der Waals surface area contributed by atoms with Gasteiger partial charge in [-0.05, 0) is 13.2 Å². The van der Waals surface area contributed by atoms with E-state index < -0.39 is 0 Å². The minimum absolute atomic E-state index is 0.176. The molecule has 0 bridgehead atoms. The lowest BCUT2D eigenvalue weighted by Gasteiger charge is -2.16. The van der Waals surface area contributed by atoms with Gasteiger partial charge in [0.1, 0.15) is 0 Å². The average molecular weight is 166 g/mol. The summed E-state index contributed by atoms with van der Waals surface area (Å²) in [5, 5.41) is 0. The predicted molar refractivity (Wildman–Crippen MR) is 49.4 cm³/mol. The topological polar surface area (TPSA) is 0 Å². The molecule has 0 saturated carbocycles. The Hall–Kier alpha value is 0.870. The summed E-state index contributed by atoms with van der Waals surface area (Å²) in [6.45, 7) is 6.33. The van der Waals surface area contributed by atoms with E-state index in [1.165, 1.54) is 0 Å². The van der Waals surface area contributed by atoms with Crippen LogP contribution < -0.4 is 0 Å². The predicted octanol–water partition coefficient (Wildman–Crippen LogP) is 2.88. The molecule has 48 valence electrons. The highest BCUT2D eigenvalue weighted by atomic mass is 32.7. The first-order valence-corrected chi connectivity index (χ1v) is 5.12. The van der Waals surface area contributed by atoms with E-state index >= 15 is 0 Å². The quantitative estimate of drug-likeness (QED) is 0.355. The first-order chi connectivity index (χ1) is 3.48. The maximum absolute atomic E-state index is 5.03. The second kappa shape index (κ2) is 3.14. The molecule has 0 spiro atoms. The fourth-order valence-corrected chi connectivity index (χ4v) is 1.51. The third-order valence-corrected chi connectivity index (χ3v) is 3.78. The smallest absolute Gasteiger partial charge is 0.0286 e. The van der Waals surface area contributed by atoms with E-state index in [4.69, 9.17) is 12.2 Å². The Kier molecular flexibility index (Phi) is 3.49. The summed E-state index contributed by atoms with van der Waals surface area (Å²) >= 11 is 9.12. The van der Waals surface area contributed by atoms with Crippen molar-refractivity contribution in [1.29, 1.82) is 0 Å². The number of thiocarbonyl (C=S) groups is 1. The zero-order chi connectivity index (χ0) is 6.78. The van der Waals surface area contributed by atoms with Gasteiger partial charge in [0.15, 0.2) is 0 Å². The van der Waals surface area contributed by atoms with Crippen molar-refractivity contribution in [3.05, 3.63) is 0 Å². The minimum Gasteiger partial charge on any atom is -0.149 e. The molecule has 0 aromatic rings. The lowest BCUT2D eigenvalue weighted by molar-refractivity contribution is 0.610. The Morgan fingerprint density at radius 3 is 1.88 bits per heavy atom. The Balaban J connectivity index is 3.82. The summed E-state index contributed by atoms with van der Waals surface area (Å²) in [5.41, 5.74) is 0.176. The molecule has 0 heterocycles. The number of hydrogen-bond acceptors (Lipinski definition) is 2. The van der Waals surface area contributed by atoms with Gasteiger partial charge in [-0.1, -0.05) is 33.0 Å². The van der Waals surface area contributed by atoms with Gasteiger partial charge in [0.05, 0.1) is 0 Å². The molecule has 0 aliphatic carbocycles. The fourth-order valence-electron chi connectivity index (χ4n) is 0.168. The Labute approximate surface area is 63.4 Å². The second-order valence-electron chi connectivity index (χ2n) is 2.69. The van der Waals surface area contributed by atoms with Crippen LogP contribution in [0.5, 0.6) is 0 Å². The molecular weight excluding hydrogens is 155 g/mol. The molecule has 1 unspecified atom stereocenters. The summed E-state index contributed by atoms with van der Waals surface area (Å²) in [5.74, 6) is 0. The molecule has 0 radical (unpaired) electrons. The van der Waals surface area contributed by atoms with Crippen molar-refractivity contribution >= 4 is 36.9 Å². The van der Waals surface area contributed by atoms with Crippen molar-refractivity contribution in [1.82, 2.24) is 0 Å². The molecule has 0 N–H and O–H groups in total. The lowest BCUT2D eigenvalue weighted by atomic mass is 10.0. The molecule has 8 heavy (non-hydrogen) atoms. The van der Waals surface area contributed by atoms with Crippen LogP contribution in [0.1, 0.15) is 20.8 Å². The van der Waals surface area contributed by atoms with E-state index in [9.17, 15) is 0 Å². The molecule has 0 aromatic carbocycles. The molecule has 1 atom stereocenters. The maximum Gasteiger partial charge on any atom is 0.0286 e. The molecule has 0 nitrogen and oxygen atoms in total. The lowest BCUT2D eigenvalue weighted by Crippen LogP contribution is -2.11.